The molecule has 0 unspecified atom stereocenters. The summed E-state index contributed by atoms with van der Waals surface area (Å²) < 4.78 is 0. The quantitative estimate of drug-likeness (QED) is 0.731. The van der Waals surface area contributed by atoms with E-state index in [2.05, 4.69) is 0 Å². The fraction of sp³-hybridized carbons (Fsp3) is 0.429. The number of hydrogen-bond acceptors (Lipinski definition) is 2. The van der Waals surface area contributed by atoms with E-state index in [9.17, 15) is 9.59 Å². The molecule has 1 aliphatic heterocycles. The largest absolute Gasteiger partial charge is 0.274 e. The number of amides is 2. The maximum absolute atomic E-state index is 12.3. The van der Waals surface area contributed by atoms with Crippen molar-refractivity contribution in [3.63, 3.8) is 0 Å². The summed E-state index contributed by atoms with van der Waals surface area (Å²) in [7, 11) is 0. The number of imide groups is 1. The van der Waals surface area contributed by atoms with E-state index in [4.69, 9.17) is 11.6 Å². The van der Waals surface area contributed by atoms with Gasteiger partial charge in [0, 0.05) is 0 Å². The van der Waals surface area contributed by atoms with Gasteiger partial charge in [0.05, 0.1) is 22.5 Å². The van der Waals surface area contributed by atoms with Crippen LogP contribution in [0.5, 0.6) is 0 Å². The molecule has 2 atom stereocenters. The Morgan fingerprint density at radius 1 is 1.00 bits per heavy atom. The number of halogens is 1. The first kappa shape index (κ1) is 11.7. The number of rotatable bonds is 1. The Hall–Kier alpha value is -1.35. The molecule has 1 aliphatic carbocycles. The van der Waals surface area contributed by atoms with E-state index in [1.807, 2.05) is 0 Å². The van der Waals surface area contributed by atoms with Crippen LogP contribution in [0, 0.1) is 11.8 Å². The summed E-state index contributed by atoms with van der Waals surface area (Å²) in [4.78, 5) is 26.0. The lowest BCUT2D eigenvalue weighted by Crippen LogP contribution is -2.31. The van der Waals surface area contributed by atoms with Crippen molar-refractivity contribution >= 4 is 29.1 Å². The smallest absolute Gasteiger partial charge is 0.237 e. The summed E-state index contributed by atoms with van der Waals surface area (Å²) in [6.45, 7) is 0. The molecule has 0 bridgehead atoms. The minimum Gasteiger partial charge on any atom is -0.274 e. The number of carbonyl (C=O) groups is 2. The zero-order chi connectivity index (χ0) is 12.7. The molecule has 0 radical (unpaired) electrons. The van der Waals surface area contributed by atoms with Gasteiger partial charge in [-0.1, -0.05) is 36.6 Å². The fourth-order valence-electron chi connectivity index (χ4n) is 3.03. The molecule has 1 aromatic rings. The summed E-state index contributed by atoms with van der Waals surface area (Å²) in [5, 5.41) is 0.456. The highest BCUT2D eigenvalue weighted by Gasteiger charge is 2.49. The zero-order valence-corrected chi connectivity index (χ0v) is 10.7. The van der Waals surface area contributed by atoms with Crippen LogP contribution in [0.3, 0.4) is 0 Å². The van der Waals surface area contributed by atoms with Gasteiger partial charge in [0.25, 0.3) is 0 Å². The van der Waals surface area contributed by atoms with E-state index >= 15 is 0 Å². The van der Waals surface area contributed by atoms with Gasteiger partial charge in [-0.15, -0.1) is 0 Å². The molecule has 0 aromatic heterocycles. The molecule has 0 N–H and O–H groups in total. The standard InChI is InChI=1S/C14H14ClNO2/c15-11-7-3-4-8-12(11)16-13(17)9-5-1-2-6-10(9)14(16)18/h3-4,7-10H,1-2,5-6H2/t9-,10+. The normalized spacial score (nSPS) is 27.5. The van der Waals surface area contributed by atoms with Crippen LogP contribution in [0.15, 0.2) is 24.3 Å². The van der Waals surface area contributed by atoms with Crippen LogP contribution < -0.4 is 4.90 Å². The van der Waals surface area contributed by atoms with Crippen LogP contribution in [0.1, 0.15) is 25.7 Å². The number of nitrogens with zero attached hydrogens (tertiary/aromatic N) is 1. The van der Waals surface area contributed by atoms with Gasteiger partial charge in [-0.3, -0.25) is 9.59 Å². The second-order valence-corrected chi connectivity index (χ2v) is 5.37. The molecule has 1 heterocycles. The van der Waals surface area contributed by atoms with Crippen molar-refractivity contribution in [3.05, 3.63) is 29.3 Å². The van der Waals surface area contributed by atoms with Gasteiger partial charge in [-0.2, -0.15) is 0 Å². The highest BCUT2D eigenvalue weighted by atomic mass is 35.5. The Morgan fingerprint density at radius 3 is 2.11 bits per heavy atom. The maximum atomic E-state index is 12.3. The van der Waals surface area contributed by atoms with Crippen LogP contribution >= 0.6 is 11.6 Å². The topological polar surface area (TPSA) is 37.4 Å². The SMILES string of the molecule is O=C1[C@H]2CCCC[C@H]2C(=O)N1c1ccccc1Cl. The summed E-state index contributed by atoms with van der Waals surface area (Å²) in [5.74, 6) is -0.388. The van der Waals surface area contributed by atoms with E-state index in [0.717, 1.165) is 25.7 Å². The van der Waals surface area contributed by atoms with Crippen molar-refractivity contribution in [1.82, 2.24) is 0 Å². The second kappa shape index (κ2) is 4.39. The molecule has 2 amide bonds. The molecule has 18 heavy (non-hydrogen) atoms. The monoisotopic (exact) mass is 263 g/mol. The van der Waals surface area contributed by atoms with Crippen molar-refractivity contribution < 1.29 is 9.59 Å². The van der Waals surface area contributed by atoms with Crippen molar-refractivity contribution in [3.8, 4) is 0 Å². The Kier molecular flexibility index (Phi) is 2.86. The lowest BCUT2D eigenvalue weighted by molar-refractivity contribution is -0.122. The Labute approximate surface area is 111 Å². The Bertz CT molecular complexity index is 490. The summed E-state index contributed by atoms with van der Waals surface area (Å²) >= 11 is 6.09. The first-order chi connectivity index (χ1) is 8.70. The lowest BCUT2D eigenvalue weighted by Gasteiger charge is -2.19. The van der Waals surface area contributed by atoms with Crippen LogP contribution in [0.2, 0.25) is 5.02 Å². The lowest BCUT2D eigenvalue weighted by atomic mass is 9.81. The van der Waals surface area contributed by atoms with Crippen LogP contribution in [0.25, 0.3) is 0 Å². The molecule has 94 valence electrons. The van der Waals surface area contributed by atoms with Gasteiger partial charge in [-0.05, 0) is 25.0 Å². The van der Waals surface area contributed by atoms with Crippen molar-refractivity contribution in [2.75, 3.05) is 4.90 Å². The highest BCUT2D eigenvalue weighted by molar-refractivity contribution is 6.36. The van der Waals surface area contributed by atoms with Gasteiger partial charge in [0.15, 0.2) is 0 Å². The number of carbonyl (C=O) groups excluding carboxylic acids is 2. The number of para-hydroxylation sites is 1. The van der Waals surface area contributed by atoms with Gasteiger partial charge in [-0.25, -0.2) is 4.90 Å². The highest BCUT2D eigenvalue weighted by Crippen LogP contribution is 2.41. The molecule has 1 saturated carbocycles. The number of hydrogen-bond donors (Lipinski definition) is 0. The molecule has 1 aromatic carbocycles. The van der Waals surface area contributed by atoms with Gasteiger partial charge in [0.1, 0.15) is 0 Å². The van der Waals surface area contributed by atoms with Crippen LogP contribution in [-0.2, 0) is 9.59 Å². The van der Waals surface area contributed by atoms with Crippen molar-refractivity contribution in [1.29, 1.82) is 0 Å². The average molecular weight is 264 g/mol. The second-order valence-electron chi connectivity index (χ2n) is 4.96. The van der Waals surface area contributed by atoms with Crippen LogP contribution in [0.4, 0.5) is 5.69 Å². The molecule has 1 saturated heterocycles. The third-order valence-electron chi connectivity index (χ3n) is 3.93. The van der Waals surface area contributed by atoms with E-state index in [1.165, 1.54) is 4.90 Å². The minimum atomic E-state index is -0.123. The number of anilines is 1. The summed E-state index contributed by atoms with van der Waals surface area (Å²) in [5.41, 5.74) is 0.531. The zero-order valence-electron chi connectivity index (χ0n) is 9.93. The summed E-state index contributed by atoms with van der Waals surface area (Å²) in [6, 6.07) is 7.03. The predicted octanol–water partition coefficient (Wildman–Crippen LogP) is 3.02. The molecule has 2 fully saturated rings. The molecule has 3 nitrogen and oxygen atoms in total. The molecular weight excluding hydrogens is 250 g/mol. The van der Waals surface area contributed by atoms with Crippen molar-refractivity contribution in [2.24, 2.45) is 11.8 Å². The number of benzene rings is 1. The predicted molar refractivity (Wildman–Crippen MR) is 69.4 cm³/mol. The van der Waals surface area contributed by atoms with Crippen molar-refractivity contribution in [2.45, 2.75) is 25.7 Å². The third-order valence-corrected chi connectivity index (χ3v) is 4.25. The molecular formula is C14H14ClNO2. The van der Waals surface area contributed by atoms with Gasteiger partial charge in [0.2, 0.25) is 11.8 Å². The first-order valence-corrected chi connectivity index (χ1v) is 6.70. The van der Waals surface area contributed by atoms with E-state index < -0.39 is 0 Å². The number of fused-ring (bicyclic) bond motifs is 1. The minimum absolute atomic E-state index is 0.0715. The van der Waals surface area contributed by atoms with Gasteiger partial charge >= 0.3 is 0 Å². The third kappa shape index (κ3) is 1.65. The Morgan fingerprint density at radius 2 is 1.56 bits per heavy atom. The van der Waals surface area contributed by atoms with Gasteiger partial charge < -0.3 is 0 Å². The Balaban J connectivity index is 2.00. The summed E-state index contributed by atoms with van der Waals surface area (Å²) in [6.07, 6.45) is 3.74. The molecule has 0 spiro atoms. The van der Waals surface area contributed by atoms with Crippen LogP contribution in [-0.4, -0.2) is 11.8 Å². The first-order valence-electron chi connectivity index (χ1n) is 6.32. The molecule has 4 heteroatoms. The average Bonchev–Trinajstić information content (AvgIpc) is 2.64. The van der Waals surface area contributed by atoms with E-state index in [-0.39, 0.29) is 23.7 Å². The van der Waals surface area contributed by atoms with E-state index in [1.54, 1.807) is 24.3 Å². The molecule has 2 aliphatic rings. The van der Waals surface area contributed by atoms with E-state index in [0.29, 0.717) is 10.7 Å². The molecule has 3 rings (SSSR count). The fourth-order valence-corrected chi connectivity index (χ4v) is 3.25. The maximum Gasteiger partial charge on any atom is 0.237 e.